The first-order valence-corrected chi connectivity index (χ1v) is 15.2. The number of anilines is 1. The molecule has 2 amide bonds. The zero-order chi connectivity index (χ0) is 28.3. The van der Waals surface area contributed by atoms with Gasteiger partial charge in [0, 0.05) is 16.9 Å². The van der Waals surface area contributed by atoms with Crippen LogP contribution in [0.15, 0.2) is 30.5 Å². The number of carbonyl (C=O) groups excluding carboxylic acids is 2. The molecule has 2 aromatic rings. The van der Waals surface area contributed by atoms with E-state index in [0.29, 0.717) is 20.0 Å². The predicted molar refractivity (Wildman–Crippen MR) is 148 cm³/mol. The van der Waals surface area contributed by atoms with Crippen LogP contribution in [0.4, 0.5) is 5.13 Å². The number of β-lactam (4-membered cyclic amide) rings is 1. The summed E-state index contributed by atoms with van der Waals surface area (Å²) in [7, 11) is 1.26. The third-order valence-electron chi connectivity index (χ3n) is 5.07. The van der Waals surface area contributed by atoms with Gasteiger partial charge in [-0.25, -0.2) is 9.78 Å². The Hall–Kier alpha value is -3.38. The summed E-state index contributed by atoms with van der Waals surface area (Å²) in [4.78, 5) is 47.9. The van der Waals surface area contributed by atoms with Crippen LogP contribution in [0, 0.1) is 16.7 Å². The zero-order valence-corrected chi connectivity index (χ0v) is 23.8. The highest BCUT2D eigenvalue weighted by Crippen LogP contribution is 2.42. The number of nitrogens with two attached hydrogens (primary N) is 2. The first-order valence-electron chi connectivity index (χ1n) is 10.5. The molecule has 0 radical (unpaired) electrons. The number of thiazole rings is 1. The van der Waals surface area contributed by atoms with Gasteiger partial charge in [0.05, 0.1) is 6.07 Å². The maximum absolute atomic E-state index is 13.0. The second-order valence-corrected chi connectivity index (χ2v) is 13.1. The minimum absolute atomic E-state index is 0.139. The lowest BCUT2D eigenvalue weighted by Crippen LogP contribution is -2.71. The number of rotatable bonds is 11. The van der Waals surface area contributed by atoms with Gasteiger partial charge in [-0.05, 0) is 5.57 Å². The summed E-state index contributed by atoms with van der Waals surface area (Å²) in [6.45, 7) is 0. The SMILES string of the molecule is CO/N=C(\C(=O)N[C@@H]1C(=O)N2C(C(=O)O)=C(CSc3nnc(SC(C#N)C(=N)N)s3)CS[C@@H]12)c1csc(N)n1. The molecule has 0 spiro atoms. The van der Waals surface area contributed by atoms with Gasteiger partial charge in [0.1, 0.15) is 35.8 Å². The van der Waals surface area contributed by atoms with Gasteiger partial charge in [-0.2, -0.15) is 5.26 Å². The highest BCUT2D eigenvalue weighted by molar-refractivity contribution is 8.04. The molecular weight excluding hydrogens is 609 g/mol. The molecule has 0 aliphatic carbocycles. The van der Waals surface area contributed by atoms with Gasteiger partial charge < -0.3 is 26.7 Å². The molecule has 0 aromatic carbocycles. The lowest BCUT2D eigenvalue weighted by molar-refractivity contribution is -0.150. The van der Waals surface area contributed by atoms with Gasteiger partial charge in [-0.15, -0.1) is 33.3 Å². The number of nitrogens with zero attached hydrogens (tertiary/aromatic N) is 6. The summed E-state index contributed by atoms with van der Waals surface area (Å²) >= 11 is 5.85. The monoisotopic (exact) mass is 626 g/mol. The molecule has 1 fully saturated rings. The van der Waals surface area contributed by atoms with E-state index in [0.717, 1.165) is 28.0 Å². The second kappa shape index (κ2) is 12.2. The van der Waals surface area contributed by atoms with Crippen molar-refractivity contribution in [1.82, 2.24) is 25.4 Å². The summed E-state index contributed by atoms with van der Waals surface area (Å²) in [5.41, 5.74) is 11.4. The van der Waals surface area contributed by atoms with Crippen LogP contribution >= 0.6 is 58.0 Å². The molecule has 2 aromatic heterocycles. The van der Waals surface area contributed by atoms with Gasteiger partial charge in [0.2, 0.25) is 0 Å². The number of carboxylic acids is 1. The number of amidine groups is 1. The molecule has 2 aliphatic heterocycles. The van der Waals surface area contributed by atoms with E-state index in [2.05, 4.69) is 25.7 Å². The predicted octanol–water partition coefficient (Wildman–Crippen LogP) is 0.378. The Bertz CT molecular complexity index is 1430. The molecule has 15 nitrogen and oxygen atoms in total. The Morgan fingerprint density at radius 1 is 1.46 bits per heavy atom. The van der Waals surface area contributed by atoms with Gasteiger partial charge in [-0.1, -0.05) is 40.0 Å². The number of amides is 2. The Morgan fingerprint density at radius 3 is 2.82 bits per heavy atom. The van der Waals surface area contributed by atoms with E-state index in [1.54, 1.807) is 0 Å². The largest absolute Gasteiger partial charge is 0.477 e. The highest BCUT2D eigenvalue weighted by Gasteiger charge is 2.54. The van der Waals surface area contributed by atoms with Crippen molar-refractivity contribution in [2.24, 2.45) is 10.9 Å². The Labute approximate surface area is 240 Å². The number of carbonyl (C=O) groups is 3. The van der Waals surface area contributed by atoms with Crippen molar-refractivity contribution >= 4 is 92.4 Å². The van der Waals surface area contributed by atoms with Crippen molar-refractivity contribution in [1.29, 1.82) is 10.7 Å². The van der Waals surface area contributed by atoms with E-state index >= 15 is 0 Å². The number of hydrogen-bond donors (Lipinski definition) is 5. The number of hydrogen-bond acceptors (Lipinski definition) is 16. The number of nitrogens with one attached hydrogen (secondary N) is 2. The van der Waals surface area contributed by atoms with Crippen LogP contribution in [0.3, 0.4) is 0 Å². The molecule has 4 heterocycles. The van der Waals surface area contributed by atoms with Crippen molar-refractivity contribution in [3.8, 4) is 6.07 Å². The standard InChI is InChI=1S/C19H18N10O5S5/c1-34-28-9(7-5-36-17(23)24-7)13(30)25-10-14(31)29-11(16(32)33)6(3-35-15(10)29)4-37-18-26-27-19(39-18)38-8(2-20)12(21)22/h5,8,10,15H,3-4H2,1H3,(H3,21,22)(H2,23,24)(H,25,30)(H,32,33)/b28-9-/t8?,10-,15+/m1/s1. The number of carboxylic acid groups (broad SMARTS) is 1. The number of aromatic nitrogens is 3. The molecule has 2 aliphatic rings. The van der Waals surface area contributed by atoms with Crippen LogP contribution < -0.4 is 16.8 Å². The normalized spacial score (nSPS) is 19.5. The summed E-state index contributed by atoms with van der Waals surface area (Å²) in [6, 6.07) is 0.932. The number of nitrogen functional groups attached to an aromatic ring is 1. The van der Waals surface area contributed by atoms with Crippen LogP contribution in [0.1, 0.15) is 5.69 Å². The number of fused-ring (bicyclic) bond motifs is 1. The molecular formula is C19H18N10O5S5. The summed E-state index contributed by atoms with van der Waals surface area (Å²) in [6.07, 6.45) is 0. The van der Waals surface area contributed by atoms with Gasteiger partial charge in [0.25, 0.3) is 11.8 Å². The molecule has 204 valence electrons. The molecule has 3 atom stereocenters. The topological polar surface area (TPSA) is 247 Å². The maximum Gasteiger partial charge on any atom is 0.352 e. The number of oxime groups is 1. The van der Waals surface area contributed by atoms with Gasteiger partial charge in [0.15, 0.2) is 24.8 Å². The van der Waals surface area contributed by atoms with Crippen LogP contribution in [0.2, 0.25) is 0 Å². The molecule has 7 N–H and O–H groups in total. The molecule has 20 heteroatoms. The smallest absolute Gasteiger partial charge is 0.352 e. The molecule has 4 rings (SSSR count). The number of aliphatic carboxylic acids is 1. The molecule has 1 saturated heterocycles. The maximum atomic E-state index is 13.0. The van der Waals surface area contributed by atoms with Crippen molar-refractivity contribution in [2.45, 2.75) is 25.3 Å². The second-order valence-electron chi connectivity index (χ2n) is 7.52. The van der Waals surface area contributed by atoms with Crippen LogP contribution in [-0.4, -0.2) is 89.8 Å². The number of thioether (sulfide) groups is 3. The summed E-state index contributed by atoms with van der Waals surface area (Å²) < 4.78 is 0.966. The lowest BCUT2D eigenvalue weighted by atomic mass is 10.0. The fraction of sp³-hybridized carbons (Fsp3) is 0.316. The van der Waals surface area contributed by atoms with Crippen LogP contribution in [0.5, 0.6) is 0 Å². The van der Waals surface area contributed by atoms with Crippen molar-refractivity contribution in [3.05, 3.63) is 22.3 Å². The van der Waals surface area contributed by atoms with Crippen molar-refractivity contribution in [2.75, 3.05) is 24.3 Å². The summed E-state index contributed by atoms with van der Waals surface area (Å²) in [5, 5.41) is 41.0. The fourth-order valence-electron chi connectivity index (χ4n) is 3.41. The van der Waals surface area contributed by atoms with E-state index in [1.807, 2.05) is 6.07 Å². The van der Waals surface area contributed by atoms with Crippen LogP contribution in [0.25, 0.3) is 0 Å². The van der Waals surface area contributed by atoms with Gasteiger partial charge in [-0.3, -0.25) is 19.9 Å². The Balaban J connectivity index is 1.44. The average Bonchev–Trinajstić information content (AvgIpc) is 3.55. The van der Waals surface area contributed by atoms with Crippen molar-refractivity contribution in [3.63, 3.8) is 0 Å². The van der Waals surface area contributed by atoms with E-state index in [9.17, 15) is 19.5 Å². The van der Waals surface area contributed by atoms with Crippen LogP contribution in [-0.2, 0) is 19.2 Å². The molecule has 0 saturated carbocycles. The van der Waals surface area contributed by atoms with E-state index in [-0.39, 0.29) is 33.8 Å². The van der Waals surface area contributed by atoms with Gasteiger partial charge >= 0.3 is 5.97 Å². The summed E-state index contributed by atoms with van der Waals surface area (Å²) in [5.74, 6) is -2.31. The molecule has 1 unspecified atom stereocenters. The lowest BCUT2D eigenvalue weighted by Gasteiger charge is -2.49. The fourth-order valence-corrected chi connectivity index (χ4v) is 8.37. The molecule has 0 bridgehead atoms. The average molecular weight is 627 g/mol. The highest BCUT2D eigenvalue weighted by atomic mass is 32.2. The minimum Gasteiger partial charge on any atom is -0.477 e. The van der Waals surface area contributed by atoms with E-state index in [4.69, 9.17) is 27.0 Å². The number of nitriles is 1. The van der Waals surface area contributed by atoms with E-state index < -0.39 is 34.4 Å². The molecule has 39 heavy (non-hydrogen) atoms. The third kappa shape index (κ3) is 6.11. The minimum atomic E-state index is -1.26. The first kappa shape index (κ1) is 28.6. The van der Waals surface area contributed by atoms with E-state index in [1.165, 1.54) is 47.4 Å². The zero-order valence-electron chi connectivity index (χ0n) is 19.7. The first-order chi connectivity index (χ1) is 18.6. The third-order valence-corrected chi connectivity index (χ3v) is 10.4. The quantitative estimate of drug-likeness (QED) is 0.0744. The van der Waals surface area contributed by atoms with Crippen molar-refractivity contribution < 1.29 is 24.3 Å². The Morgan fingerprint density at radius 2 is 2.21 bits per heavy atom. The Kier molecular flexibility index (Phi) is 8.96.